The number of nitrogens with zero attached hydrogens (tertiary/aromatic N) is 1. The minimum atomic E-state index is 0.0548. The fourth-order valence-electron chi connectivity index (χ4n) is 3.17. The molecule has 3 rings (SSSR count). The maximum Gasteiger partial charge on any atom is 0.224 e. The summed E-state index contributed by atoms with van der Waals surface area (Å²) in [5, 5.41) is 5.41. The van der Waals surface area contributed by atoms with Crippen LogP contribution in [0.5, 0.6) is 0 Å². The molecule has 0 heterocycles. The molecule has 25 heavy (non-hydrogen) atoms. The fraction of sp³-hybridized carbons (Fsp3) is 0.227. The van der Waals surface area contributed by atoms with Crippen molar-refractivity contribution in [1.29, 1.82) is 0 Å². The highest BCUT2D eigenvalue weighted by Gasteiger charge is 2.15. The van der Waals surface area contributed by atoms with Crippen LogP contribution < -0.4 is 5.32 Å². The Morgan fingerprint density at radius 3 is 2.36 bits per heavy atom. The van der Waals surface area contributed by atoms with Crippen molar-refractivity contribution in [3.8, 4) is 0 Å². The Morgan fingerprint density at radius 1 is 0.920 bits per heavy atom. The van der Waals surface area contributed by atoms with Gasteiger partial charge in [-0.1, -0.05) is 72.8 Å². The number of carbonyl (C=O) groups is 1. The molecule has 128 valence electrons. The number of nitrogens with one attached hydrogen (secondary N) is 1. The number of amides is 1. The minimum Gasteiger partial charge on any atom is -0.354 e. The Labute approximate surface area is 149 Å². The van der Waals surface area contributed by atoms with E-state index < -0.39 is 0 Å². The summed E-state index contributed by atoms with van der Waals surface area (Å²) >= 11 is 0. The average Bonchev–Trinajstić information content (AvgIpc) is 2.63. The summed E-state index contributed by atoms with van der Waals surface area (Å²) in [6.07, 6.45) is 0.399. The Kier molecular flexibility index (Phi) is 5.46. The molecule has 0 aliphatic carbocycles. The van der Waals surface area contributed by atoms with Gasteiger partial charge in [-0.25, -0.2) is 0 Å². The van der Waals surface area contributed by atoms with Gasteiger partial charge >= 0.3 is 0 Å². The summed E-state index contributed by atoms with van der Waals surface area (Å²) in [7, 11) is 4.07. The fourth-order valence-corrected chi connectivity index (χ4v) is 3.17. The SMILES string of the molecule is CN(C)[C@H](CNC(=O)Cc1cccc2ccccc12)c1ccccc1. The minimum absolute atomic E-state index is 0.0548. The quantitative estimate of drug-likeness (QED) is 0.744. The number of fused-ring (bicyclic) bond motifs is 1. The predicted octanol–water partition coefficient (Wildman–Crippen LogP) is 3.80. The first-order chi connectivity index (χ1) is 12.1. The Hall–Kier alpha value is -2.65. The van der Waals surface area contributed by atoms with Crippen molar-refractivity contribution in [1.82, 2.24) is 10.2 Å². The molecule has 0 unspecified atom stereocenters. The van der Waals surface area contributed by atoms with Gasteiger partial charge in [-0.3, -0.25) is 4.79 Å². The summed E-state index contributed by atoms with van der Waals surface area (Å²) in [4.78, 5) is 14.6. The van der Waals surface area contributed by atoms with E-state index in [-0.39, 0.29) is 11.9 Å². The van der Waals surface area contributed by atoms with Gasteiger partial charge in [-0.2, -0.15) is 0 Å². The van der Waals surface area contributed by atoms with Crippen LogP contribution in [0.3, 0.4) is 0 Å². The molecule has 0 saturated heterocycles. The lowest BCUT2D eigenvalue weighted by molar-refractivity contribution is -0.120. The van der Waals surface area contributed by atoms with Gasteiger partial charge in [0.25, 0.3) is 0 Å². The van der Waals surface area contributed by atoms with Crippen LogP contribution in [0.1, 0.15) is 17.2 Å². The molecule has 3 heteroatoms. The molecule has 0 spiro atoms. The Morgan fingerprint density at radius 2 is 1.60 bits per heavy atom. The second-order valence-electron chi connectivity index (χ2n) is 6.51. The maximum atomic E-state index is 12.5. The van der Waals surface area contributed by atoms with E-state index in [4.69, 9.17) is 0 Å². The molecule has 3 aromatic rings. The van der Waals surface area contributed by atoms with E-state index >= 15 is 0 Å². The Bertz CT molecular complexity index is 838. The number of carbonyl (C=O) groups excluding carboxylic acids is 1. The third kappa shape index (κ3) is 4.25. The molecule has 1 atom stereocenters. The second-order valence-corrected chi connectivity index (χ2v) is 6.51. The lowest BCUT2D eigenvalue weighted by Gasteiger charge is -2.25. The maximum absolute atomic E-state index is 12.5. The van der Waals surface area contributed by atoms with E-state index in [0.29, 0.717) is 13.0 Å². The summed E-state index contributed by atoms with van der Waals surface area (Å²) in [5.74, 6) is 0.0548. The molecule has 0 bridgehead atoms. The van der Waals surface area contributed by atoms with Gasteiger partial charge in [-0.05, 0) is 36.0 Å². The predicted molar refractivity (Wildman–Crippen MR) is 104 cm³/mol. The van der Waals surface area contributed by atoms with Gasteiger partial charge in [0, 0.05) is 6.54 Å². The highest BCUT2D eigenvalue weighted by Crippen LogP contribution is 2.19. The summed E-state index contributed by atoms with van der Waals surface area (Å²) in [5.41, 5.74) is 2.27. The third-order valence-electron chi connectivity index (χ3n) is 4.53. The molecule has 0 radical (unpaired) electrons. The number of likely N-dealkylation sites (N-methyl/N-ethyl adjacent to an activating group) is 1. The van der Waals surface area contributed by atoms with Crippen LogP contribution in [0.15, 0.2) is 72.8 Å². The molecule has 1 amide bonds. The number of hydrogen-bond acceptors (Lipinski definition) is 2. The Balaban J connectivity index is 1.67. The van der Waals surface area contributed by atoms with Gasteiger partial charge in [0.15, 0.2) is 0 Å². The average molecular weight is 332 g/mol. The van der Waals surface area contributed by atoms with Crippen LogP contribution in [0.4, 0.5) is 0 Å². The van der Waals surface area contributed by atoms with E-state index in [0.717, 1.165) is 10.9 Å². The lowest BCUT2D eigenvalue weighted by Crippen LogP contribution is -2.35. The second kappa shape index (κ2) is 7.95. The van der Waals surface area contributed by atoms with Gasteiger partial charge < -0.3 is 10.2 Å². The first-order valence-corrected chi connectivity index (χ1v) is 8.60. The lowest BCUT2D eigenvalue weighted by atomic mass is 10.0. The highest BCUT2D eigenvalue weighted by atomic mass is 16.1. The monoisotopic (exact) mass is 332 g/mol. The standard InChI is InChI=1S/C22H24N2O/c1-24(2)21(18-10-4-3-5-11-18)16-23-22(25)15-19-13-8-12-17-9-6-7-14-20(17)19/h3-14,21H,15-16H2,1-2H3,(H,23,25)/t21-/m1/s1. The number of rotatable bonds is 6. The van der Waals surface area contributed by atoms with Crippen molar-refractivity contribution in [2.75, 3.05) is 20.6 Å². The van der Waals surface area contributed by atoms with Crippen molar-refractivity contribution in [2.45, 2.75) is 12.5 Å². The van der Waals surface area contributed by atoms with Crippen molar-refractivity contribution in [3.63, 3.8) is 0 Å². The molecule has 3 nitrogen and oxygen atoms in total. The van der Waals surface area contributed by atoms with Crippen molar-refractivity contribution >= 4 is 16.7 Å². The molecule has 1 N–H and O–H groups in total. The van der Waals surface area contributed by atoms with E-state index in [9.17, 15) is 4.79 Å². The van der Waals surface area contributed by atoms with Crippen molar-refractivity contribution in [3.05, 3.63) is 83.9 Å². The smallest absolute Gasteiger partial charge is 0.224 e. The molecule has 0 fully saturated rings. The van der Waals surface area contributed by atoms with E-state index in [2.05, 4.69) is 40.5 Å². The van der Waals surface area contributed by atoms with Gasteiger partial charge in [-0.15, -0.1) is 0 Å². The summed E-state index contributed by atoms with van der Waals surface area (Å²) < 4.78 is 0. The topological polar surface area (TPSA) is 32.3 Å². The van der Waals surface area contributed by atoms with Gasteiger partial charge in [0.2, 0.25) is 5.91 Å². The summed E-state index contributed by atoms with van der Waals surface area (Å²) in [6.45, 7) is 0.598. The van der Waals surface area contributed by atoms with E-state index in [1.807, 2.05) is 56.6 Å². The van der Waals surface area contributed by atoms with Crippen LogP contribution in [-0.2, 0) is 11.2 Å². The van der Waals surface area contributed by atoms with Crippen LogP contribution in [0.2, 0.25) is 0 Å². The van der Waals surface area contributed by atoms with Crippen LogP contribution in [-0.4, -0.2) is 31.4 Å². The van der Waals surface area contributed by atoms with E-state index in [1.54, 1.807) is 0 Å². The molecule has 0 saturated carbocycles. The zero-order valence-electron chi connectivity index (χ0n) is 14.8. The first kappa shape index (κ1) is 17.2. The molecular formula is C22H24N2O. The molecular weight excluding hydrogens is 308 g/mol. The molecule has 0 aliphatic rings. The van der Waals surface area contributed by atoms with Crippen LogP contribution in [0.25, 0.3) is 10.8 Å². The summed E-state index contributed by atoms with van der Waals surface area (Å²) in [6, 6.07) is 24.7. The van der Waals surface area contributed by atoms with Crippen LogP contribution in [0, 0.1) is 0 Å². The highest BCUT2D eigenvalue weighted by molar-refractivity contribution is 5.90. The molecule has 3 aromatic carbocycles. The zero-order valence-corrected chi connectivity index (χ0v) is 14.8. The molecule has 0 aliphatic heterocycles. The van der Waals surface area contributed by atoms with Crippen LogP contribution >= 0.6 is 0 Å². The van der Waals surface area contributed by atoms with Crippen molar-refractivity contribution in [2.24, 2.45) is 0 Å². The largest absolute Gasteiger partial charge is 0.354 e. The number of hydrogen-bond donors (Lipinski definition) is 1. The van der Waals surface area contributed by atoms with Crippen molar-refractivity contribution < 1.29 is 4.79 Å². The van der Waals surface area contributed by atoms with E-state index in [1.165, 1.54) is 10.9 Å². The zero-order chi connectivity index (χ0) is 17.6. The number of benzene rings is 3. The third-order valence-corrected chi connectivity index (χ3v) is 4.53. The molecule has 0 aromatic heterocycles. The first-order valence-electron chi connectivity index (χ1n) is 8.60. The van der Waals surface area contributed by atoms with Gasteiger partial charge in [0.05, 0.1) is 12.5 Å². The normalized spacial score (nSPS) is 12.3. The van der Waals surface area contributed by atoms with Gasteiger partial charge in [0.1, 0.15) is 0 Å².